The SMILES string of the molecule is O=C(O)CSCCNC(=O)c1cc(C2CC2)no1. The zero-order valence-corrected chi connectivity index (χ0v) is 10.5. The zero-order chi connectivity index (χ0) is 13.0. The van der Waals surface area contributed by atoms with E-state index in [-0.39, 0.29) is 17.4 Å². The van der Waals surface area contributed by atoms with E-state index in [0.717, 1.165) is 18.5 Å². The van der Waals surface area contributed by atoms with Crippen LogP contribution in [0, 0.1) is 0 Å². The number of carbonyl (C=O) groups excluding carboxylic acids is 1. The normalized spacial score (nSPS) is 14.4. The van der Waals surface area contributed by atoms with Crippen LogP contribution in [0.3, 0.4) is 0 Å². The van der Waals surface area contributed by atoms with Gasteiger partial charge in [-0.2, -0.15) is 0 Å². The van der Waals surface area contributed by atoms with Gasteiger partial charge in [0.1, 0.15) is 0 Å². The molecular weight excluding hydrogens is 256 g/mol. The van der Waals surface area contributed by atoms with Gasteiger partial charge < -0.3 is 14.9 Å². The van der Waals surface area contributed by atoms with Gasteiger partial charge in [0.25, 0.3) is 5.91 Å². The number of amides is 1. The molecule has 1 aromatic rings. The summed E-state index contributed by atoms with van der Waals surface area (Å²) >= 11 is 1.26. The summed E-state index contributed by atoms with van der Waals surface area (Å²) in [6, 6.07) is 1.68. The number of nitrogens with zero attached hydrogens (tertiary/aromatic N) is 1. The van der Waals surface area contributed by atoms with Gasteiger partial charge in [-0.25, -0.2) is 0 Å². The van der Waals surface area contributed by atoms with E-state index in [1.807, 2.05) is 0 Å². The zero-order valence-electron chi connectivity index (χ0n) is 9.72. The fraction of sp³-hybridized carbons (Fsp3) is 0.545. The van der Waals surface area contributed by atoms with Crippen LogP contribution in [0.15, 0.2) is 10.6 Å². The van der Waals surface area contributed by atoms with E-state index in [0.29, 0.717) is 18.2 Å². The van der Waals surface area contributed by atoms with Crippen molar-refractivity contribution >= 4 is 23.6 Å². The van der Waals surface area contributed by atoms with Crippen molar-refractivity contribution in [3.05, 3.63) is 17.5 Å². The molecule has 1 heterocycles. The maximum absolute atomic E-state index is 11.6. The molecule has 18 heavy (non-hydrogen) atoms. The number of carbonyl (C=O) groups is 2. The Morgan fingerprint density at radius 2 is 2.33 bits per heavy atom. The third-order valence-corrected chi connectivity index (χ3v) is 3.45. The van der Waals surface area contributed by atoms with E-state index in [1.165, 1.54) is 11.8 Å². The van der Waals surface area contributed by atoms with Gasteiger partial charge >= 0.3 is 5.97 Å². The average molecular weight is 270 g/mol. The minimum Gasteiger partial charge on any atom is -0.481 e. The van der Waals surface area contributed by atoms with E-state index in [1.54, 1.807) is 6.07 Å². The van der Waals surface area contributed by atoms with E-state index in [4.69, 9.17) is 9.63 Å². The lowest BCUT2D eigenvalue weighted by Crippen LogP contribution is -2.25. The average Bonchev–Trinajstić information content (AvgIpc) is 3.06. The van der Waals surface area contributed by atoms with E-state index in [9.17, 15) is 9.59 Å². The Hall–Kier alpha value is -1.50. The molecule has 1 amide bonds. The molecule has 0 aromatic carbocycles. The fourth-order valence-electron chi connectivity index (χ4n) is 1.45. The number of hydrogen-bond donors (Lipinski definition) is 2. The lowest BCUT2D eigenvalue weighted by Gasteiger charge is -2.00. The smallest absolute Gasteiger partial charge is 0.313 e. The van der Waals surface area contributed by atoms with Gasteiger partial charge in [0.15, 0.2) is 0 Å². The molecule has 1 aliphatic carbocycles. The molecule has 0 atom stereocenters. The molecule has 6 nitrogen and oxygen atoms in total. The molecule has 0 aliphatic heterocycles. The van der Waals surface area contributed by atoms with E-state index < -0.39 is 5.97 Å². The van der Waals surface area contributed by atoms with Crippen LogP contribution < -0.4 is 5.32 Å². The van der Waals surface area contributed by atoms with Crippen molar-refractivity contribution in [3.63, 3.8) is 0 Å². The van der Waals surface area contributed by atoms with Crippen LogP contribution >= 0.6 is 11.8 Å². The first-order valence-corrected chi connectivity index (χ1v) is 6.86. The van der Waals surface area contributed by atoms with Crippen molar-refractivity contribution in [2.45, 2.75) is 18.8 Å². The molecule has 2 rings (SSSR count). The van der Waals surface area contributed by atoms with Gasteiger partial charge in [-0.05, 0) is 12.8 Å². The number of carboxylic acid groups (broad SMARTS) is 1. The molecule has 1 aliphatic rings. The molecule has 0 unspecified atom stereocenters. The Morgan fingerprint density at radius 3 is 3.00 bits per heavy atom. The number of nitrogens with one attached hydrogen (secondary N) is 1. The third-order valence-electron chi connectivity index (χ3n) is 2.51. The molecule has 2 N–H and O–H groups in total. The first-order valence-electron chi connectivity index (χ1n) is 5.71. The number of aromatic nitrogens is 1. The summed E-state index contributed by atoms with van der Waals surface area (Å²) in [5.74, 6) is 0.133. The molecule has 7 heteroatoms. The van der Waals surface area contributed by atoms with Gasteiger partial charge in [-0.1, -0.05) is 5.16 Å². The Bertz CT molecular complexity index is 442. The van der Waals surface area contributed by atoms with Gasteiger partial charge in [0.2, 0.25) is 5.76 Å². The Morgan fingerprint density at radius 1 is 1.56 bits per heavy atom. The summed E-state index contributed by atoms with van der Waals surface area (Å²) in [6.45, 7) is 0.413. The van der Waals surface area contributed by atoms with Gasteiger partial charge in [0.05, 0.1) is 11.4 Å². The van der Waals surface area contributed by atoms with Crippen LogP contribution in [0.5, 0.6) is 0 Å². The summed E-state index contributed by atoms with van der Waals surface area (Å²) in [5, 5.41) is 14.9. The predicted octanol–water partition coefficient (Wildman–Crippen LogP) is 1.10. The van der Waals surface area contributed by atoms with Crippen LogP contribution in [0.4, 0.5) is 0 Å². The molecular formula is C11H14N2O4S. The summed E-state index contributed by atoms with van der Waals surface area (Å²) < 4.78 is 4.96. The minimum atomic E-state index is -0.851. The molecule has 0 radical (unpaired) electrons. The first-order chi connectivity index (χ1) is 8.66. The quantitative estimate of drug-likeness (QED) is 0.721. The predicted molar refractivity (Wildman–Crippen MR) is 65.8 cm³/mol. The third kappa shape index (κ3) is 3.76. The summed E-state index contributed by atoms with van der Waals surface area (Å²) in [5.41, 5.74) is 0.848. The number of carboxylic acids is 1. The van der Waals surface area contributed by atoms with Crippen molar-refractivity contribution in [3.8, 4) is 0 Å². The van der Waals surface area contributed by atoms with Gasteiger partial charge in [-0.3, -0.25) is 9.59 Å². The van der Waals surface area contributed by atoms with E-state index in [2.05, 4.69) is 10.5 Å². The fourth-order valence-corrected chi connectivity index (χ4v) is 2.02. The molecule has 1 aromatic heterocycles. The minimum absolute atomic E-state index is 0.0456. The number of aliphatic carboxylic acids is 1. The highest BCUT2D eigenvalue weighted by atomic mass is 32.2. The van der Waals surface area contributed by atoms with Crippen LogP contribution in [0.1, 0.15) is 35.0 Å². The van der Waals surface area contributed by atoms with Crippen molar-refractivity contribution in [2.75, 3.05) is 18.1 Å². The summed E-state index contributed by atoms with van der Waals surface area (Å²) in [6.07, 6.45) is 2.22. The van der Waals surface area contributed by atoms with Gasteiger partial charge in [0, 0.05) is 24.3 Å². The number of hydrogen-bond acceptors (Lipinski definition) is 5. The molecule has 1 fully saturated rings. The molecule has 0 bridgehead atoms. The monoisotopic (exact) mass is 270 g/mol. The van der Waals surface area contributed by atoms with Crippen molar-refractivity contribution in [2.24, 2.45) is 0 Å². The van der Waals surface area contributed by atoms with Crippen LogP contribution in [0.2, 0.25) is 0 Å². The van der Waals surface area contributed by atoms with Gasteiger partial charge in [-0.15, -0.1) is 11.8 Å². The van der Waals surface area contributed by atoms with Crippen LogP contribution in [-0.4, -0.2) is 40.2 Å². The second-order valence-corrected chi connectivity index (χ2v) is 5.20. The highest BCUT2D eigenvalue weighted by Gasteiger charge is 2.28. The van der Waals surface area contributed by atoms with Crippen molar-refractivity contribution in [1.29, 1.82) is 0 Å². The van der Waals surface area contributed by atoms with Crippen LogP contribution in [-0.2, 0) is 4.79 Å². The topological polar surface area (TPSA) is 92.4 Å². The molecule has 0 spiro atoms. The number of thioether (sulfide) groups is 1. The summed E-state index contributed by atoms with van der Waals surface area (Å²) in [7, 11) is 0. The number of rotatable bonds is 7. The van der Waals surface area contributed by atoms with Crippen molar-refractivity contribution in [1.82, 2.24) is 10.5 Å². The lowest BCUT2D eigenvalue weighted by molar-refractivity contribution is -0.133. The molecule has 98 valence electrons. The molecule has 1 saturated carbocycles. The second kappa shape index (κ2) is 5.90. The Kier molecular flexibility index (Phi) is 4.24. The largest absolute Gasteiger partial charge is 0.481 e. The standard InChI is InChI=1S/C11H14N2O4S/c14-10(15)6-18-4-3-12-11(16)9-5-8(13-17-9)7-1-2-7/h5,7H,1-4,6H2,(H,12,16)(H,14,15). The Labute approximate surface area is 108 Å². The lowest BCUT2D eigenvalue weighted by atomic mass is 10.2. The maximum Gasteiger partial charge on any atom is 0.313 e. The Balaban J connectivity index is 1.68. The first kappa shape index (κ1) is 12.9. The maximum atomic E-state index is 11.6. The highest BCUT2D eigenvalue weighted by molar-refractivity contribution is 7.99. The van der Waals surface area contributed by atoms with Crippen molar-refractivity contribution < 1.29 is 19.2 Å². The van der Waals surface area contributed by atoms with Crippen LogP contribution in [0.25, 0.3) is 0 Å². The van der Waals surface area contributed by atoms with E-state index >= 15 is 0 Å². The second-order valence-electron chi connectivity index (χ2n) is 4.09. The molecule has 0 saturated heterocycles. The highest BCUT2D eigenvalue weighted by Crippen LogP contribution is 2.39. The summed E-state index contributed by atoms with van der Waals surface area (Å²) in [4.78, 5) is 21.9.